The molecule has 0 spiro atoms. The second-order valence-electron chi connectivity index (χ2n) is 5.53. The summed E-state index contributed by atoms with van der Waals surface area (Å²) in [6.07, 6.45) is 5.02. The Kier molecular flexibility index (Phi) is 4.44. The first-order valence-corrected chi connectivity index (χ1v) is 7.55. The first kappa shape index (κ1) is 14.1. The first-order chi connectivity index (χ1) is 9.70. The lowest BCUT2D eigenvalue weighted by molar-refractivity contribution is 0.0184. The molecule has 2 aliphatic rings. The van der Waals surface area contributed by atoms with Crippen LogP contribution < -0.4 is 10.1 Å². The molecule has 2 atom stereocenters. The van der Waals surface area contributed by atoms with E-state index in [9.17, 15) is 4.39 Å². The topological polar surface area (TPSA) is 30.5 Å². The van der Waals surface area contributed by atoms with Crippen molar-refractivity contribution in [2.45, 2.75) is 43.9 Å². The number of rotatable bonds is 6. The van der Waals surface area contributed by atoms with Crippen LogP contribution >= 0.6 is 11.6 Å². The van der Waals surface area contributed by atoms with Gasteiger partial charge in [0.2, 0.25) is 0 Å². The van der Waals surface area contributed by atoms with E-state index in [1.165, 1.54) is 25.0 Å². The lowest BCUT2D eigenvalue weighted by Crippen LogP contribution is -2.29. The molecule has 3 rings (SSSR count). The van der Waals surface area contributed by atoms with E-state index in [0.29, 0.717) is 18.4 Å². The van der Waals surface area contributed by atoms with E-state index < -0.39 is 5.82 Å². The number of hydrogen-bond acceptors (Lipinski definition) is 3. The number of benzene rings is 1. The van der Waals surface area contributed by atoms with Crippen molar-refractivity contribution in [3.63, 3.8) is 0 Å². The van der Waals surface area contributed by atoms with Gasteiger partial charge in [0.25, 0.3) is 0 Å². The van der Waals surface area contributed by atoms with Crippen LogP contribution in [0.5, 0.6) is 5.75 Å². The maximum atomic E-state index is 13.3. The summed E-state index contributed by atoms with van der Waals surface area (Å²) in [7, 11) is 0. The summed E-state index contributed by atoms with van der Waals surface area (Å²) < 4.78 is 24.7. The van der Waals surface area contributed by atoms with Gasteiger partial charge in [-0.3, -0.25) is 0 Å². The molecule has 1 saturated heterocycles. The van der Waals surface area contributed by atoms with Crippen molar-refractivity contribution in [2.75, 3.05) is 13.2 Å². The van der Waals surface area contributed by atoms with Crippen LogP contribution in [0.3, 0.4) is 0 Å². The maximum absolute atomic E-state index is 13.3. The minimum absolute atomic E-state index is 0.0970. The van der Waals surface area contributed by atoms with Crippen LogP contribution in [0, 0.1) is 5.82 Å². The van der Waals surface area contributed by atoms with Crippen molar-refractivity contribution in [3.05, 3.63) is 29.0 Å². The molecule has 20 heavy (non-hydrogen) atoms. The van der Waals surface area contributed by atoms with Gasteiger partial charge in [-0.05, 0) is 37.8 Å². The largest absolute Gasteiger partial charge is 0.491 e. The molecule has 1 aliphatic heterocycles. The molecule has 2 fully saturated rings. The standard InChI is InChI=1S/C15H19ClFNO2/c16-14-6-5-11(7-15(14)17)19-9-13-4-3-12(20-13)8-18-10-1-2-10/h5-7,10,12-13,18H,1-4,8-9H2. The van der Waals surface area contributed by atoms with E-state index in [1.807, 2.05) is 0 Å². The summed E-state index contributed by atoms with van der Waals surface area (Å²) in [5, 5.41) is 3.59. The lowest BCUT2D eigenvalue weighted by Gasteiger charge is -2.15. The SMILES string of the molecule is Fc1cc(OCC2CCC(CNC3CC3)O2)ccc1Cl. The minimum Gasteiger partial charge on any atom is -0.491 e. The van der Waals surface area contributed by atoms with E-state index in [2.05, 4.69) is 5.32 Å². The predicted octanol–water partition coefficient (Wildman–Crippen LogP) is 3.16. The van der Waals surface area contributed by atoms with Crippen molar-refractivity contribution in [3.8, 4) is 5.75 Å². The van der Waals surface area contributed by atoms with Crippen molar-refractivity contribution in [1.29, 1.82) is 0 Å². The third-order valence-electron chi connectivity index (χ3n) is 3.73. The van der Waals surface area contributed by atoms with Gasteiger partial charge < -0.3 is 14.8 Å². The Morgan fingerprint density at radius 3 is 2.80 bits per heavy atom. The van der Waals surface area contributed by atoms with E-state index in [0.717, 1.165) is 19.4 Å². The van der Waals surface area contributed by atoms with Gasteiger partial charge in [-0.25, -0.2) is 4.39 Å². The molecule has 0 radical (unpaired) electrons. The molecule has 1 saturated carbocycles. The Labute approximate surface area is 123 Å². The molecule has 0 bridgehead atoms. The molecular weight excluding hydrogens is 281 g/mol. The third kappa shape index (κ3) is 3.84. The normalized spacial score (nSPS) is 25.9. The second-order valence-corrected chi connectivity index (χ2v) is 5.93. The van der Waals surface area contributed by atoms with Crippen LogP contribution in [0.25, 0.3) is 0 Å². The highest BCUT2D eigenvalue weighted by Crippen LogP contribution is 2.24. The van der Waals surface area contributed by atoms with Crippen molar-refractivity contribution >= 4 is 11.6 Å². The van der Waals surface area contributed by atoms with E-state index >= 15 is 0 Å². The van der Waals surface area contributed by atoms with E-state index in [4.69, 9.17) is 21.1 Å². The Hall–Kier alpha value is -0.840. The van der Waals surface area contributed by atoms with Crippen LogP contribution in [0.2, 0.25) is 5.02 Å². The van der Waals surface area contributed by atoms with Gasteiger partial charge in [-0.2, -0.15) is 0 Å². The Balaban J connectivity index is 1.41. The van der Waals surface area contributed by atoms with Crippen LogP contribution in [-0.2, 0) is 4.74 Å². The lowest BCUT2D eigenvalue weighted by atomic mass is 10.2. The molecule has 0 amide bonds. The van der Waals surface area contributed by atoms with Crippen LogP contribution in [0.15, 0.2) is 18.2 Å². The molecule has 1 aromatic rings. The summed E-state index contributed by atoms with van der Waals surface area (Å²) in [5.74, 6) is 0.0399. The Morgan fingerprint density at radius 2 is 2.05 bits per heavy atom. The molecular formula is C15H19ClFNO2. The van der Waals surface area contributed by atoms with Crippen molar-refractivity contribution < 1.29 is 13.9 Å². The van der Waals surface area contributed by atoms with Gasteiger partial charge in [0.15, 0.2) is 0 Å². The van der Waals surface area contributed by atoms with Gasteiger partial charge in [0.05, 0.1) is 17.2 Å². The molecule has 1 heterocycles. The summed E-state index contributed by atoms with van der Waals surface area (Å²) >= 11 is 5.63. The van der Waals surface area contributed by atoms with Gasteiger partial charge in [0, 0.05) is 18.7 Å². The molecule has 1 aliphatic carbocycles. The number of ether oxygens (including phenoxy) is 2. The highest BCUT2D eigenvalue weighted by Gasteiger charge is 2.28. The Bertz CT molecular complexity index is 467. The zero-order valence-electron chi connectivity index (χ0n) is 11.3. The predicted molar refractivity (Wildman–Crippen MR) is 75.8 cm³/mol. The summed E-state index contributed by atoms with van der Waals surface area (Å²) in [6, 6.07) is 5.20. The molecule has 110 valence electrons. The smallest absolute Gasteiger partial charge is 0.145 e. The second kappa shape index (κ2) is 6.29. The fraction of sp³-hybridized carbons (Fsp3) is 0.600. The van der Waals surface area contributed by atoms with Crippen LogP contribution in [0.1, 0.15) is 25.7 Å². The van der Waals surface area contributed by atoms with Gasteiger partial charge in [-0.15, -0.1) is 0 Å². The number of halogens is 2. The quantitative estimate of drug-likeness (QED) is 0.875. The maximum Gasteiger partial charge on any atom is 0.145 e. The summed E-state index contributed by atoms with van der Waals surface area (Å²) in [5.41, 5.74) is 0. The van der Waals surface area contributed by atoms with Crippen molar-refractivity contribution in [2.24, 2.45) is 0 Å². The number of nitrogens with one attached hydrogen (secondary N) is 1. The highest BCUT2D eigenvalue weighted by atomic mass is 35.5. The molecule has 2 unspecified atom stereocenters. The van der Waals surface area contributed by atoms with Gasteiger partial charge >= 0.3 is 0 Å². The fourth-order valence-corrected chi connectivity index (χ4v) is 2.51. The zero-order valence-corrected chi connectivity index (χ0v) is 12.0. The summed E-state index contributed by atoms with van der Waals surface area (Å²) in [6.45, 7) is 1.39. The fourth-order valence-electron chi connectivity index (χ4n) is 2.39. The average molecular weight is 300 g/mol. The zero-order chi connectivity index (χ0) is 13.9. The van der Waals surface area contributed by atoms with Gasteiger partial charge in [0.1, 0.15) is 18.2 Å². The van der Waals surface area contributed by atoms with Gasteiger partial charge in [-0.1, -0.05) is 11.6 Å². The molecule has 1 aromatic carbocycles. The molecule has 5 heteroatoms. The van der Waals surface area contributed by atoms with E-state index in [1.54, 1.807) is 6.07 Å². The third-order valence-corrected chi connectivity index (χ3v) is 4.04. The van der Waals surface area contributed by atoms with Crippen molar-refractivity contribution in [1.82, 2.24) is 5.32 Å². The average Bonchev–Trinajstić information content (AvgIpc) is 3.16. The van der Waals surface area contributed by atoms with E-state index in [-0.39, 0.29) is 17.2 Å². The molecule has 1 N–H and O–H groups in total. The monoisotopic (exact) mass is 299 g/mol. The van der Waals surface area contributed by atoms with Crippen LogP contribution in [0.4, 0.5) is 4.39 Å². The highest BCUT2D eigenvalue weighted by molar-refractivity contribution is 6.30. The first-order valence-electron chi connectivity index (χ1n) is 7.17. The Morgan fingerprint density at radius 1 is 1.25 bits per heavy atom. The van der Waals surface area contributed by atoms with Crippen LogP contribution in [-0.4, -0.2) is 31.4 Å². The number of hydrogen-bond donors (Lipinski definition) is 1. The minimum atomic E-state index is -0.456. The molecule has 0 aromatic heterocycles. The summed E-state index contributed by atoms with van der Waals surface area (Å²) in [4.78, 5) is 0. The molecule has 3 nitrogen and oxygen atoms in total.